The highest BCUT2D eigenvalue weighted by atomic mass is 35.5. The summed E-state index contributed by atoms with van der Waals surface area (Å²) in [4.78, 5) is 0. The zero-order valence-corrected chi connectivity index (χ0v) is 11.9. The Morgan fingerprint density at radius 1 is 1.28 bits per heavy atom. The van der Waals surface area contributed by atoms with Crippen molar-refractivity contribution in [2.24, 2.45) is 5.92 Å². The van der Waals surface area contributed by atoms with Crippen LogP contribution in [0.15, 0.2) is 29.6 Å². The van der Waals surface area contributed by atoms with Crippen LogP contribution >= 0.6 is 22.9 Å². The molecular formula is C15H18ClNS. The maximum absolute atomic E-state index is 6.30. The Morgan fingerprint density at radius 2 is 2.17 bits per heavy atom. The van der Waals surface area contributed by atoms with Crippen LogP contribution in [0.25, 0.3) is 10.1 Å². The van der Waals surface area contributed by atoms with E-state index < -0.39 is 0 Å². The highest BCUT2D eigenvalue weighted by molar-refractivity contribution is 7.17. The van der Waals surface area contributed by atoms with E-state index in [1.54, 1.807) is 0 Å². The topological polar surface area (TPSA) is 12.0 Å². The standard InChI is InChI=1S/C15H18ClNS/c16-14-6-3-4-11(14)8-17-9-12-10-18-15-7-2-1-5-13(12)15/h1-2,5,7,10-11,14,17H,3-4,6,8-9H2. The average Bonchev–Trinajstić information content (AvgIpc) is 2.97. The number of hydrogen-bond acceptors (Lipinski definition) is 2. The van der Waals surface area contributed by atoms with E-state index in [9.17, 15) is 0 Å². The number of thiophene rings is 1. The number of halogens is 1. The quantitative estimate of drug-likeness (QED) is 0.818. The molecule has 1 saturated carbocycles. The lowest BCUT2D eigenvalue weighted by atomic mass is 10.1. The first-order valence-electron chi connectivity index (χ1n) is 6.64. The number of hydrogen-bond donors (Lipinski definition) is 1. The van der Waals surface area contributed by atoms with Gasteiger partial charge in [0.1, 0.15) is 0 Å². The van der Waals surface area contributed by atoms with E-state index in [1.165, 1.54) is 34.9 Å². The largest absolute Gasteiger partial charge is 0.312 e. The Balaban J connectivity index is 1.60. The highest BCUT2D eigenvalue weighted by Gasteiger charge is 2.24. The van der Waals surface area contributed by atoms with Crippen molar-refractivity contribution in [1.82, 2.24) is 5.32 Å². The van der Waals surface area contributed by atoms with Crippen LogP contribution in [0, 0.1) is 5.92 Å². The van der Waals surface area contributed by atoms with Crippen LogP contribution in [0.3, 0.4) is 0 Å². The average molecular weight is 280 g/mol. The second kappa shape index (κ2) is 5.60. The summed E-state index contributed by atoms with van der Waals surface area (Å²) in [6.45, 7) is 2.02. The van der Waals surface area contributed by atoms with E-state index in [-0.39, 0.29) is 0 Å². The second-order valence-electron chi connectivity index (χ2n) is 5.09. The Morgan fingerprint density at radius 3 is 3.00 bits per heavy atom. The molecule has 3 heteroatoms. The molecule has 1 nitrogen and oxygen atoms in total. The third-order valence-corrected chi connectivity index (χ3v) is 5.44. The van der Waals surface area contributed by atoms with Crippen LogP contribution in [0.4, 0.5) is 0 Å². The van der Waals surface area contributed by atoms with Crippen LogP contribution in [-0.2, 0) is 6.54 Å². The van der Waals surface area contributed by atoms with Crippen molar-refractivity contribution in [3.05, 3.63) is 35.2 Å². The molecule has 0 amide bonds. The first-order chi connectivity index (χ1) is 8.84. The Hall–Kier alpha value is -0.570. The molecule has 3 rings (SSSR count). The van der Waals surface area contributed by atoms with Gasteiger partial charge in [-0.15, -0.1) is 22.9 Å². The summed E-state index contributed by atoms with van der Waals surface area (Å²) in [5.41, 5.74) is 1.42. The van der Waals surface area contributed by atoms with Gasteiger partial charge >= 0.3 is 0 Å². The first-order valence-corrected chi connectivity index (χ1v) is 7.96. The minimum Gasteiger partial charge on any atom is -0.312 e. The Bertz CT molecular complexity index is 522. The van der Waals surface area contributed by atoms with Gasteiger partial charge in [0.15, 0.2) is 0 Å². The van der Waals surface area contributed by atoms with Crippen LogP contribution < -0.4 is 5.32 Å². The Labute approximate surface area is 117 Å². The SMILES string of the molecule is ClC1CCCC1CNCc1csc2ccccc12. The lowest BCUT2D eigenvalue weighted by molar-refractivity contribution is 0.495. The van der Waals surface area contributed by atoms with Gasteiger partial charge in [-0.3, -0.25) is 0 Å². The maximum Gasteiger partial charge on any atom is 0.0376 e. The molecule has 0 spiro atoms. The molecule has 1 aromatic heterocycles. The lowest BCUT2D eigenvalue weighted by Gasteiger charge is -2.14. The Kier molecular flexibility index (Phi) is 3.88. The fourth-order valence-corrected chi connectivity index (χ4v) is 4.12. The monoisotopic (exact) mass is 279 g/mol. The predicted octanol–water partition coefficient (Wildman–Crippen LogP) is 4.40. The fourth-order valence-electron chi connectivity index (χ4n) is 2.78. The van der Waals surface area contributed by atoms with Crippen molar-refractivity contribution in [3.8, 4) is 0 Å². The van der Waals surface area contributed by atoms with Crippen LogP contribution in [0.5, 0.6) is 0 Å². The molecular weight excluding hydrogens is 262 g/mol. The molecule has 2 unspecified atom stereocenters. The molecule has 0 saturated heterocycles. The normalized spacial score (nSPS) is 23.8. The van der Waals surface area contributed by atoms with Gasteiger partial charge in [0.25, 0.3) is 0 Å². The summed E-state index contributed by atoms with van der Waals surface area (Å²) < 4.78 is 1.38. The van der Waals surface area contributed by atoms with Crippen molar-refractivity contribution in [3.63, 3.8) is 0 Å². The molecule has 2 atom stereocenters. The number of benzene rings is 1. The van der Waals surface area contributed by atoms with Gasteiger partial charge in [0, 0.05) is 16.6 Å². The molecule has 1 aliphatic rings. The van der Waals surface area contributed by atoms with Crippen molar-refractivity contribution in [2.75, 3.05) is 6.54 Å². The van der Waals surface area contributed by atoms with Gasteiger partial charge in [0.05, 0.1) is 0 Å². The molecule has 96 valence electrons. The minimum atomic E-state index is 0.386. The van der Waals surface area contributed by atoms with E-state index in [1.807, 2.05) is 11.3 Å². The van der Waals surface area contributed by atoms with E-state index in [4.69, 9.17) is 11.6 Å². The van der Waals surface area contributed by atoms with E-state index >= 15 is 0 Å². The molecule has 0 radical (unpaired) electrons. The minimum absolute atomic E-state index is 0.386. The highest BCUT2D eigenvalue weighted by Crippen LogP contribution is 2.30. The van der Waals surface area contributed by atoms with Crippen molar-refractivity contribution in [1.29, 1.82) is 0 Å². The van der Waals surface area contributed by atoms with E-state index in [0.29, 0.717) is 11.3 Å². The van der Waals surface area contributed by atoms with Crippen molar-refractivity contribution >= 4 is 33.0 Å². The van der Waals surface area contributed by atoms with E-state index in [2.05, 4.69) is 35.0 Å². The molecule has 2 aromatic rings. The zero-order valence-electron chi connectivity index (χ0n) is 10.4. The molecule has 0 aliphatic heterocycles. The third-order valence-electron chi connectivity index (χ3n) is 3.85. The van der Waals surface area contributed by atoms with Crippen LogP contribution in [0.2, 0.25) is 0 Å². The van der Waals surface area contributed by atoms with Crippen molar-refractivity contribution < 1.29 is 0 Å². The number of fused-ring (bicyclic) bond motifs is 1. The summed E-state index contributed by atoms with van der Waals surface area (Å²) in [7, 11) is 0. The predicted molar refractivity (Wildman–Crippen MR) is 80.5 cm³/mol. The van der Waals surface area contributed by atoms with Gasteiger partial charge < -0.3 is 5.32 Å². The van der Waals surface area contributed by atoms with E-state index in [0.717, 1.165) is 13.1 Å². The summed E-state index contributed by atoms with van der Waals surface area (Å²) >= 11 is 8.13. The second-order valence-corrected chi connectivity index (χ2v) is 6.57. The van der Waals surface area contributed by atoms with Gasteiger partial charge in [-0.05, 0) is 47.7 Å². The van der Waals surface area contributed by atoms with Gasteiger partial charge in [-0.2, -0.15) is 0 Å². The summed E-state index contributed by atoms with van der Waals surface area (Å²) in [5, 5.41) is 7.62. The van der Waals surface area contributed by atoms with Crippen LogP contribution in [-0.4, -0.2) is 11.9 Å². The molecule has 1 N–H and O–H groups in total. The zero-order chi connectivity index (χ0) is 12.4. The summed E-state index contributed by atoms with van der Waals surface area (Å²) in [6, 6.07) is 8.62. The maximum atomic E-state index is 6.30. The molecule has 1 heterocycles. The van der Waals surface area contributed by atoms with Crippen molar-refractivity contribution in [2.45, 2.75) is 31.2 Å². The fraction of sp³-hybridized carbons (Fsp3) is 0.467. The number of rotatable bonds is 4. The van der Waals surface area contributed by atoms with Gasteiger partial charge in [0.2, 0.25) is 0 Å². The lowest BCUT2D eigenvalue weighted by Crippen LogP contribution is -2.25. The van der Waals surface area contributed by atoms with Gasteiger partial charge in [-0.1, -0.05) is 24.6 Å². The molecule has 18 heavy (non-hydrogen) atoms. The number of alkyl halides is 1. The first kappa shape index (κ1) is 12.5. The molecule has 1 fully saturated rings. The summed E-state index contributed by atoms with van der Waals surface area (Å²) in [6.07, 6.45) is 3.77. The third kappa shape index (κ3) is 2.56. The molecule has 1 aromatic carbocycles. The smallest absolute Gasteiger partial charge is 0.0376 e. The molecule has 1 aliphatic carbocycles. The molecule has 0 bridgehead atoms. The van der Waals surface area contributed by atoms with Gasteiger partial charge in [-0.25, -0.2) is 0 Å². The number of nitrogens with one attached hydrogen (secondary N) is 1. The summed E-state index contributed by atoms with van der Waals surface area (Å²) in [5.74, 6) is 0.663. The van der Waals surface area contributed by atoms with Crippen LogP contribution in [0.1, 0.15) is 24.8 Å².